The molecule has 16 rings (SSSR count). The largest absolute Gasteiger partial charge is 0.344 e. The maximum absolute atomic E-state index is 15.5. The van der Waals surface area contributed by atoms with Crippen molar-refractivity contribution in [1.82, 2.24) is 68.9 Å². The molecule has 0 spiro atoms. The van der Waals surface area contributed by atoms with Crippen molar-refractivity contribution in [3.05, 3.63) is 219 Å². The molecular weight excluding hydrogens is 1650 g/mol. The van der Waals surface area contributed by atoms with Gasteiger partial charge >= 0.3 is 0 Å². The second-order valence-corrected chi connectivity index (χ2v) is 36.3. The zero-order chi connectivity index (χ0) is 85.3. The number of carbonyl (C=O) groups excluding carboxylic acids is 2. The van der Waals surface area contributed by atoms with Gasteiger partial charge in [0.15, 0.2) is 11.6 Å². The average Bonchev–Trinajstić information content (AvgIpc) is 1.52. The molecule has 6 aromatic carbocycles. The van der Waals surface area contributed by atoms with Crippen molar-refractivity contribution in [2.45, 2.75) is 140 Å². The lowest BCUT2D eigenvalue weighted by Gasteiger charge is -2.25. The Morgan fingerprint density at radius 1 is 0.525 bits per heavy atom. The van der Waals surface area contributed by atoms with Crippen molar-refractivity contribution in [3.63, 3.8) is 0 Å². The van der Waals surface area contributed by atoms with E-state index < -0.39 is 186 Å². The number of aryl methyl sites for hydroxylation is 2. The van der Waals surface area contributed by atoms with Gasteiger partial charge in [-0.15, -0.1) is 0 Å². The van der Waals surface area contributed by atoms with E-state index in [1.807, 2.05) is 41.5 Å². The topological polar surface area (TPSA) is 292 Å². The van der Waals surface area contributed by atoms with Crippen molar-refractivity contribution >= 4 is 110 Å². The SMILES string of the molecule is Cn1nc(NS(C)(=O)=O)c2c(Cl)ccc(-n3c(C(Cc4cc(F)cc(F)c4)NC(=O)Cn4nc(C(F)F)c5c4C(F)(F)[C@@H]4C[C@H]54)nc4cc(C(C)(C)C)ccc4c3=O)c21.Cn1nc(NS(C)(=O)=O)c2c(Cl)ccc(-n3c([C@H](Cc4cc(F)cc(F)c4)NC(=O)Cn4nc(C(F)F)c5c4C(F)(F)[C@@H]4C[C@H]54)nc4cc(C(C)(C)C)ccc4c3=O)c21. The first kappa shape index (κ1) is 82.2. The van der Waals surface area contributed by atoms with E-state index in [0.717, 1.165) is 57.0 Å². The minimum atomic E-state index is -3.89. The molecule has 4 aliphatic carbocycles. The molecule has 0 saturated heterocycles. The Morgan fingerprint density at radius 2 is 0.873 bits per heavy atom. The molecule has 2 saturated carbocycles. The first-order valence-corrected chi connectivity index (χ1v) is 41.0. The molecule has 2 amide bonds. The summed E-state index contributed by atoms with van der Waals surface area (Å²) >= 11 is 13.2. The van der Waals surface area contributed by atoms with Gasteiger partial charge in [0.25, 0.3) is 35.8 Å². The normalized spacial score (nSPS) is 17.7. The number of nitrogens with zero attached hydrogens (tertiary/aromatic N) is 12. The van der Waals surface area contributed by atoms with E-state index in [4.69, 9.17) is 33.2 Å². The fraction of sp³-hybridized carbons (Fsp3) is 0.359. The molecule has 0 aliphatic heterocycles. The predicted molar refractivity (Wildman–Crippen MR) is 413 cm³/mol. The molecule has 6 aromatic heterocycles. The van der Waals surface area contributed by atoms with Crippen LogP contribution in [0.5, 0.6) is 0 Å². The summed E-state index contributed by atoms with van der Waals surface area (Å²) in [6.45, 7) is 9.69. The second kappa shape index (κ2) is 29.0. The first-order chi connectivity index (χ1) is 55.1. The molecule has 12 aromatic rings. The number of nitrogens with one attached hydrogen (secondary N) is 4. The molecule has 6 atom stereocenters. The highest BCUT2D eigenvalue weighted by Crippen LogP contribution is 2.69. The number of benzene rings is 6. The summed E-state index contributed by atoms with van der Waals surface area (Å²) < 4.78 is 237. The number of fused-ring (bicyclic) bond motifs is 10. The summed E-state index contributed by atoms with van der Waals surface area (Å²) in [6, 6.07) is 17.9. The van der Waals surface area contributed by atoms with Gasteiger partial charge in [0.2, 0.25) is 31.9 Å². The summed E-state index contributed by atoms with van der Waals surface area (Å²) in [6.07, 6.45) is -5.41. The van der Waals surface area contributed by atoms with Crippen LogP contribution < -0.4 is 31.2 Å². The number of rotatable bonds is 20. The van der Waals surface area contributed by atoms with E-state index in [1.54, 1.807) is 36.4 Å². The fourth-order valence-corrected chi connectivity index (χ4v) is 17.6. The van der Waals surface area contributed by atoms with Crippen LogP contribution in [-0.4, -0.2) is 99.4 Å². The third-order valence-electron chi connectivity index (χ3n) is 21.3. The van der Waals surface area contributed by atoms with E-state index in [-0.39, 0.29) is 123 Å². The van der Waals surface area contributed by atoms with Crippen LogP contribution in [0, 0.1) is 35.1 Å². The average molecular weight is 1720 g/mol. The van der Waals surface area contributed by atoms with Crippen LogP contribution in [0.3, 0.4) is 0 Å². The number of amides is 2. The zero-order valence-electron chi connectivity index (χ0n) is 63.8. The van der Waals surface area contributed by atoms with Crippen molar-refractivity contribution < 1.29 is 79.1 Å². The van der Waals surface area contributed by atoms with Gasteiger partial charge in [-0.2, -0.15) is 38.0 Å². The highest BCUT2D eigenvalue weighted by Gasteiger charge is 2.68. The number of carbonyl (C=O) groups is 2. The molecule has 0 radical (unpaired) electrons. The Hall–Kier alpha value is -10.9. The maximum atomic E-state index is 15.5. The first-order valence-electron chi connectivity index (χ1n) is 36.5. The Kier molecular flexibility index (Phi) is 20.2. The molecule has 40 heteroatoms. The zero-order valence-corrected chi connectivity index (χ0v) is 67.0. The van der Waals surface area contributed by atoms with Crippen LogP contribution in [0.4, 0.5) is 64.3 Å². The van der Waals surface area contributed by atoms with Gasteiger partial charge in [-0.05, 0) is 131 Å². The number of sulfonamides is 2. The van der Waals surface area contributed by atoms with Crippen LogP contribution in [0.15, 0.2) is 107 Å². The number of halogens is 14. The van der Waals surface area contributed by atoms with Crippen LogP contribution in [0.2, 0.25) is 10.0 Å². The molecule has 6 heterocycles. The van der Waals surface area contributed by atoms with Crippen LogP contribution in [0.1, 0.15) is 159 Å². The molecule has 4 N–H and O–H groups in total. The summed E-state index contributed by atoms with van der Waals surface area (Å²) in [5.74, 6) is -17.7. The van der Waals surface area contributed by atoms with Crippen molar-refractivity contribution in [2.24, 2.45) is 25.9 Å². The number of anilines is 2. The van der Waals surface area contributed by atoms with E-state index in [2.05, 4.69) is 40.5 Å². The molecule has 24 nitrogen and oxygen atoms in total. The fourth-order valence-electron chi connectivity index (χ4n) is 16.1. The van der Waals surface area contributed by atoms with E-state index in [1.165, 1.54) is 47.7 Å². The number of hydrogen-bond acceptors (Lipinski definition) is 14. The summed E-state index contributed by atoms with van der Waals surface area (Å²) in [7, 11) is -4.85. The molecule has 0 bridgehead atoms. The van der Waals surface area contributed by atoms with Gasteiger partial charge < -0.3 is 10.6 Å². The third kappa shape index (κ3) is 15.1. The lowest BCUT2D eigenvalue weighted by atomic mass is 9.86. The molecular formula is C78H70Cl2F12N16O8S2. The Balaban J connectivity index is 0.000000185. The third-order valence-corrected chi connectivity index (χ3v) is 23.1. The number of aromatic nitrogens is 12. The van der Waals surface area contributed by atoms with E-state index in [0.29, 0.717) is 21.5 Å². The Bertz CT molecular complexity index is 6200. The van der Waals surface area contributed by atoms with Gasteiger partial charge in [0.05, 0.1) is 89.6 Å². The van der Waals surface area contributed by atoms with E-state index >= 15 is 17.6 Å². The molecule has 4 aliphatic rings. The Morgan fingerprint density at radius 3 is 1.19 bits per heavy atom. The lowest BCUT2D eigenvalue weighted by Crippen LogP contribution is -2.38. The van der Waals surface area contributed by atoms with Crippen molar-refractivity contribution in [2.75, 3.05) is 22.0 Å². The quantitative estimate of drug-likeness (QED) is 0.0516. The van der Waals surface area contributed by atoms with Crippen LogP contribution >= 0.6 is 23.2 Å². The second-order valence-electron chi connectivity index (χ2n) is 32.0. The van der Waals surface area contributed by atoms with Crippen LogP contribution in [-0.2, 0) is 92.3 Å². The van der Waals surface area contributed by atoms with Crippen molar-refractivity contribution in [1.29, 1.82) is 0 Å². The molecule has 620 valence electrons. The summed E-state index contributed by atoms with van der Waals surface area (Å²) in [5, 5.41) is 21.9. The Labute approximate surface area is 672 Å². The summed E-state index contributed by atoms with van der Waals surface area (Å²) in [4.78, 5) is 67.7. The van der Waals surface area contributed by atoms with Crippen molar-refractivity contribution in [3.8, 4) is 11.4 Å². The smallest absolute Gasteiger partial charge is 0.293 e. The van der Waals surface area contributed by atoms with E-state index in [9.17, 15) is 71.1 Å². The van der Waals surface area contributed by atoms with Gasteiger partial charge in [-0.3, -0.25) is 56.5 Å². The minimum absolute atomic E-state index is 0.00636. The maximum Gasteiger partial charge on any atom is 0.293 e. The monoisotopic (exact) mass is 1720 g/mol. The number of hydrogen-bond donors (Lipinski definition) is 4. The molecule has 1 unspecified atom stereocenters. The van der Waals surface area contributed by atoms with Crippen LogP contribution in [0.25, 0.3) is 55.0 Å². The number of alkyl halides is 8. The van der Waals surface area contributed by atoms with Gasteiger partial charge in [-0.25, -0.2) is 61.9 Å². The minimum Gasteiger partial charge on any atom is -0.344 e. The summed E-state index contributed by atoms with van der Waals surface area (Å²) in [5.41, 5.74) is -3.81. The predicted octanol–water partition coefficient (Wildman–Crippen LogP) is 14.6. The highest BCUT2D eigenvalue weighted by molar-refractivity contribution is 7.92. The lowest BCUT2D eigenvalue weighted by molar-refractivity contribution is -0.123. The van der Waals surface area contributed by atoms with Gasteiger partial charge in [0, 0.05) is 62.0 Å². The molecule has 2 fully saturated rings. The molecule has 118 heavy (non-hydrogen) atoms. The standard InChI is InChI=1S/2C39H35ClF6N8O4S/c2*1-38(2,3)18-6-7-21-25(13-18)48-36(54(37(21)56)27-9-8-24(40)30-32(27)52(4)50-35(30)51-59(5,57)58)26(12-17-10-19(41)14-20(42)11-17)47-28(55)16-53-33-29(31(49-53)34(43)44)22-15-23(22)39(33,45)46/h2*6-11,13-14,22-23,26,34H,12,15-16H2,1-5H3,(H,47,55)(H,50,51)/t22-,23+,26?;22-,23+,26-/m00/s1. The van der Waals surface area contributed by atoms with Gasteiger partial charge in [-0.1, -0.05) is 76.9 Å². The highest BCUT2D eigenvalue weighted by atomic mass is 35.5. The van der Waals surface area contributed by atoms with Gasteiger partial charge in [0.1, 0.15) is 70.8 Å².